The van der Waals surface area contributed by atoms with Gasteiger partial charge in [0.2, 0.25) is 0 Å². The van der Waals surface area contributed by atoms with Crippen LogP contribution in [0.2, 0.25) is 0 Å². The molecule has 0 spiro atoms. The van der Waals surface area contributed by atoms with E-state index in [0.29, 0.717) is 6.42 Å². The largest absolute Gasteiger partial charge is 0.522 e. The van der Waals surface area contributed by atoms with E-state index in [-0.39, 0.29) is 55.9 Å². The van der Waals surface area contributed by atoms with Gasteiger partial charge in [-0.25, -0.2) is 8.78 Å². The van der Waals surface area contributed by atoms with Gasteiger partial charge in [0.15, 0.2) is 11.5 Å². The van der Waals surface area contributed by atoms with Crippen LogP contribution in [0.5, 0.6) is 11.5 Å². The summed E-state index contributed by atoms with van der Waals surface area (Å²) in [6.07, 6.45) is -2.89. The molecule has 0 N–H and O–H groups in total. The number of benzene rings is 1. The Morgan fingerprint density at radius 1 is 1.22 bits per heavy atom. The number of carbonyl (C=O) groups excluding carboxylic acids is 1. The minimum atomic E-state index is -4.76. The Bertz CT molecular complexity index is 1060. The van der Waals surface area contributed by atoms with Crippen molar-refractivity contribution in [3.63, 3.8) is 0 Å². The van der Waals surface area contributed by atoms with Crippen LogP contribution in [0.1, 0.15) is 30.1 Å². The zero-order chi connectivity index (χ0) is 26.1. The van der Waals surface area contributed by atoms with Gasteiger partial charge in [0.05, 0.1) is 20.3 Å². The van der Waals surface area contributed by atoms with Crippen molar-refractivity contribution in [2.24, 2.45) is 5.41 Å². The molecule has 0 saturated carbocycles. The van der Waals surface area contributed by atoms with Gasteiger partial charge in [0.25, 0.3) is 5.91 Å². The number of piperidine rings is 1. The van der Waals surface area contributed by atoms with Crippen LogP contribution in [-0.2, 0) is 14.2 Å². The average molecular weight is 519 g/mol. The van der Waals surface area contributed by atoms with E-state index in [1.165, 1.54) is 31.4 Å². The van der Waals surface area contributed by atoms with Crippen molar-refractivity contribution in [2.45, 2.75) is 37.8 Å². The highest BCUT2D eigenvalue weighted by Crippen LogP contribution is 2.53. The van der Waals surface area contributed by atoms with Crippen LogP contribution in [0.3, 0.4) is 0 Å². The summed E-state index contributed by atoms with van der Waals surface area (Å²) in [5.41, 5.74) is -1.73. The van der Waals surface area contributed by atoms with E-state index in [9.17, 15) is 26.7 Å². The molecular formula is C24H26F5NO6. The van der Waals surface area contributed by atoms with E-state index >= 15 is 0 Å². The smallest absolute Gasteiger partial charge is 0.493 e. The fraction of sp³-hybridized carbons (Fsp3) is 0.542. The highest BCUT2D eigenvalue weighted by atomic mass is 19.4. The van der Waals surface area contributed by atoms with Gasteiger partial charge in [0.1, 0.15) is 36.8 Å². The van der Waals surface area contributed by atoms with Gasteiger partial charge in [-0.3, -0.25) is 9.53 Å². The third-order valence-electron chi connectivity index (χ3n) is 6.80. The third kappa shape index (κ3) is 5.21. The minimum absolute atomic E-state index is 0.0408. The molecule has 3 aliphatic rings. The maximum absolute atomic E-state index is 14.2. The number of carbonyl (C=O) groups is 1. The molecule has 4 rings (SSSR count). The number of hydrogen-bond acceptors (Lipinski definition) is 6. The van der Waals surface area contributed by atoms with Crippen molar-refractivity contribution in [1.82, 2.24) is 4.90 Å². The molecule has 1 amide bonds. The lowest BCUT2D eigenvalue weighted by Gasteiger charge is -2.51. The standard InChI is InChI=1S/C24H26F5NO6/c1-22(11-16(25)10-17(26)12-22)23-5-6-30(13-20(23)34-14-36-23)21(31)15-3-4-18(19(9-15)32-2)33-7-8-35-24(27,28)29/h3-4,9-11,20H,5-8,12-14H2,1-2H3/t20?,22?,23-/m0/s1. The van der Waals surface area contributed by atoms with Crippen molar-refractivity contribution in [3.8, 4) is 11.5 Å². The number of allylic oxidation sites excluding steroid dienone is 3. The Kier molecular flexibility index (Phi) is 7.31. The van der Waals surface area contributed by atoms with Crippen molar-refractivity contribution in [3.05, 3.63) is 47.6 Å². The van der Waals surface area contributed by atoms with Crippen molar-refractivity contribution in [2.75, 3.05) is 40.2 Å². The van der Waals surface area contributed by atoms with Crippen LogP contribution in [0, 0.1) is 5.41 Å². The maximum atomic E-state index is 14.2. The molecule has 0 aromatic heterocycles. The lowest BCUT2D eigenvalue weighted by molar-refractivity contribution is -0.325. The van der Waals surface area contributed by atoms with Gasteiger partial charge in [0, 0.05) is 30.0 Å². The minimum Gasteiger partial charge on any atom is -0.493 e. The number of amides is 1. The summed E-state index contributed by atoms with van der Waals surface area (Å²) in [6, 6.07) is 4.32. The van der Waals surface area contributed by atoms with Gasteiger partial charge in [-0.1, -0.05) is 6.92 Å². The summed E-state index contributed by atoms with van der Waals surface area (Å²) in [6.45, 7) is 0.988. The first kappa shape index (κ1) is 26.4. The highest BCUT2D eigenvalue weighted by Gasteiger charge is 2.60. The van der Waals surface area contributed by atoms with Crippen molar-refractivity contribution in [1.29, 1.82) is 0 Å². The van der Waals surface area contributed by atoms with Crippen LogP contribution in [0.4, 0.5) is 22.0 Å². The van der Waals surface area contributed by atoms with E-state index in [4.69, 9.17) is 18.9 Å². The molecule has 2 fully saturated rings. The number of rotatable bonds is 7. The first-order valence-corrected chi connectivity index (χ1v) is 11.3. The zero-order valence-corrected chi connectivity index (χ0v) is 19.7. The molecule has 2 unspecified atom stereocenters. The topological polar surface area (TPSA) is 66.5 Å². The Morgan fingerprint density at radius 2 is 2.00 bits per heavy atom. The van der Waals surface area contributed by atoms with Crippen LogP contribution in [0.25, 0.3) is 0 Å². The van der Waals surface area contributed by atoms with E-state index < -0.39 is 41.7 Å². The van der Waals surface area contributed by atoms with Crippen LogP contribution < -0.4 is 9.47 Å². The van der Waals surface area contributed by atoms with Gasteiger partial charge >= 0.3 is 6.36 Å². The monoisotopic (exact) mass is 519 g/mol. The second-order valence-corrected chi connectivity index (χ2v) is 9.03. The van der Waals surface area contributed by atoms with Crippen LogP contribution in [-0.4, -0.2) is 69.1 Å². The Balaban J connectivity index is 1.45. The van der Waals surface area contributed by atoms with Gasteiger partial charge in [-0.15, -0.1) is 13.2 Å². The second kappa shape index (κ2) is 9.98. The molecule has 3 atom stereocenters. The van der Waals surface area contributed by atoms with Crippen LogP contribution in [0.15, 0.2) is 42.0 Å². The summed E-state index contributed by atoms with van der Waals surface area (Å²) in [5, 5.41) is 0. The summed E-state index contributed by atoms with van der Waals surface area (Å²) in [7, 11) is 1.34. The maximum Gasteiger partial charge on any atom is 0.522 e. The molecule has 0 bridgehead atoms. The number of alkyl halides is 3. The molecule has 7 nitrogen and oxygen atoms in total. The number of hydrogen-bond donors (Lipinski definition) is 0. The first-order chi connectivity index (χ1) is 17.0. The third-order valence-corrected chi connectivity index (χ3v) is 6.80. The fourth-order valence-electron chi connectivity index (χ4n) is 5.11. The molecule has 198 valence electrons. The number of ether oxygens (including phenoxy) is 5. The lowest BCUT2D eigenvalue weighted by atomic mass is 9.63. The highest BCUT2D eigenvalue weighted by molar-refractivity contribution is 5.95. The lowest BCUT2D eigenvalue weighted by Crippen LogP contribution is -2.62. The van der Waals surface area contributed by atoms with Gasteiger partial charge < -0.3 is 23.8 Å². The predicted molar refractivity (Wildman–Crippen MR) is 116 cm³/mol. The Morgan fingerprint density at radius 3 is 2.69 bits per heavy atom. The SMILES string of the molecule is COc1cc(C(=O)N2CC[C@]3(C4(C)C=C(F)C=C(F)C4)OCOC3C2)ccc1OCCOC(F)(F)F. The first-order valence-electron chi connectivity index (χ1n) is 11.3. The molecule has 0 radical (unpaired) electrons. The molecule has 1 aliphatic carbocycles. The number of likely N-dealkylation sites (tertiary alicyclic amines) is 1. The molecule has 1 aromatic carbocycles. The van der Waals surface area contributed by atoms with E-state index in [0.717, 1.165) is 6.08 Å². The molecule has 2 aliphatic heterocycles. The molecule has 2 saturated heterocycles. The van der Waals surface area contributed by atoms with Crippen LogP contribution >= 0.6 is 0 Å². The molecule has 1 aromatic rings. The predicted octanol–water partition coefficient (Wildman–Crippen LogP) is 4.68. The number of fused-ring (bicyclic) bond motifs is 1. The average Bonchev–Trinajstić information content (AvgIpc) is 3.25. The van der Waals surface area contributed by atoms with Gasteiger partial charge in [-0.2, -0.15) is 0 Å². The summed E-state index contributed by atoms with van der Waals surface area (Å²) in [5.74, 6) is -1.29. The fourth-order valence-corrected chi connectivity index (χ4v) is 5.11. The summed E-state index contributed by atoms with van der Waals surface area (Å²) < 4.78 is 90.5. The number of halogens is 5. The number of methoxy groups -OCH3 is 1. The molecule has 2 heterocycles. The van der Waals surface area contributed by atoms with E-state index in [1.807, 2.05) is 0 Å². The number of nitrogens with zero attached hydrogens (tertiary/aromatic N) is 1. The second-order valence-electron chi connectivity index (χ2n) is 9.03. The summed E-state index contributed by atoms with van der Waals surface area (Å²) >= 11 is 0. The zero-order valence-electron chi connectivity index (χ0n) is 19.7. The Hall–Kier alpha value is -2.70. The normalized spacial score (nSPS) is 28.3. The Labute approximate surface area is 204 Å². The molecule has 12 heteroatoms. The van der Waals surface area contributed by atoms with Crippen molar-refractivity contribution < 1.29 is 50.4 Å². The van der Waals surface area contributed by atoms with E-state index in [1.54, 1.807) is 11.8 Å². The quantitative estimate of drug-likeness (QED) is 0.385. The summed E-state index contributed by atoms with van der Waals surface area (Å²) in [4.78, 5) is 14.8. The van der Waals surface area contributed by atoms with Crippen molar-refractivity contribution >= 4 is 5.91 Å². The molecule has 36 heavy (non-hydrogen) atoms. The van der Waals surface area contributed by atoms with Gasteiger partial charge in [-0.05, 0) is 30.7 Å². The molecular weight excluding hydrogens is 493 g/mol. The van der Waals surface area contributed by atoms with E-state index in [2.05, 4.69) is 4.74 Å².